The second-order valence-electron chi connectivity index (χ2n) is 6.74. The molecule has 3 aromatic carbocycles. The molecular weight excluding hydrogens is 414 g/mol. The Morgan fingerprint density at radius 2 is 1.79 bits per heavy atom. The van der Waals surface area contributed by atoms with Gasteiger partial charge in [-0.1, -0.05) is 46.3 Å². The summed E-state index contributed by atoms with van der Waals surface area (Å²) in [6, 6.07) is 23.5. The molecule has 0 spiro atoms. The van der Waals surface area contributed by atoms with Crippen LogP contribution in [0.4, 0.5) is 5.69 Å². The fourth-order valence-corrected chi connectivity index (χ4v) is 3.66. The number of imidazole rings is 1. The van der Waals surface area contributed by atoms with Crippen LogP contribution in [-0.2, 0) is 19.9 Å². The van der Waals surface area contributed by atoms with E-state index in [2.05, 4.69) is 51.1 Å². The van der Waals surface area contributed by atoms with Gasteiger partial charge < -0.3 is 9.88 Å². The zero-order chi connectivity index (χ0) is 19.5. The Labute approximate surface area is 172 Å². The van der Waals surface area contributed by atoms with Crippen molar-refractivity contribution in [2.45, 2.75) is 12.8 Å². The number of benzene rings is 3. The van der Waals surface area contributed by atoms with Gasteiger partial charge in [0.1, 0.15) is 5.82 Å². The van der Waals surface area contributed by atoms with Gasteiger partial charge in [0.2, 0.25) is 0 Å². The van der Waals surface area contributed by atoms with E-state index in [1.807, 2.05) is 42.5 Å². The summed E-state index contributed by atoms with van der Waals surface area (Å²) in [6.45, 7) is 0. The van der Waals surface area contributed by atoms with Crippen molar-refractivity contribution in [2.75, 3.05) is 5.32 Å². The Bertz CT molecular complexity index is 1130. The van der Waals surface area contributed by atoms with Crippen molar-refractivity contribution in [1.82, 2.24) is 9.55 Å². The summed E-state index contributed by atoms with van der Waals surface area (Å²) in [6.07, 6.45) is 1.77. The van der Waals surface area contributed by atoms with Crippen molar-refractivity contribution in [1.29, 1.82) is 0 Å². The normalized spacial score (nSPS) is 10.9. The van der Waals surface area contributed by atoms with Crippen molar-refractivity contribution < 1.29 is 4.79 Å². The molecule has 4 nitrogen and oxygen atoms in total. The number of anilines is 1. The van der Waals surface area contributed by atoms with Crippen molar-refractivity contribution in [3.63, 3.8) is 0 Å². The van der Waals surface area contributed by atoms with Crippen molar-refractivity contribution >= 4 is 38.6 Å². The van der Waals surface area contributed by atoms with E-state index in [1.54, 1.807) is 12.1 Å². The molecule has 4 rings (SSSR count). The molecule has 1 amide bonds. The summed E-state index contributed by atoms with van der Waals surface area (Å²) in [5, 5.41) is 2.94. The maximum Gasteiger partial charge on any atom is 0.255 e. The van der Waals surface area contributed by atoms with Crippen LogP contribution in [0.25, 0.3) is 11.0 Å². The summed E-state index contributed by atoms with van der Waals surface area (Å²) < 4.78 is 3.04. The minimum Gasteiger partial charge on any atom is -0.331 e. The van der Waals surface area contributed by atoms with Gasteiger partial charge in [0.15, 0.2) is 0 Å². The SMILES string of the molecule is Cn1c(CCc2ccc(NC(=O)c3cccc(Br)c3)cc2)nc2ccccc21. The lowest BCUT2D eigenvalue weighted by Gasteiger charge is -2.07. The Balaban J connectivity index is 1.40. The fourth-order valence-electron chi connectivity index (χ4n) is 3.26. The lowest BCUT2D eigenvalue weighted by Crippen LogP contribution is -2.11. The lowest BCUT2D eigenvalue weighted by atomic mass is 10.1. The van der Waals surface area contributed by atoms with E-state index in [0.717, 1.165) is 39.9 Å². The number of carbonyl (C=O) groups excluding carboxylic acids is 1. The molecule has 0 aliphatic heterocycles. The molecule has 1 heterocycles. The van der Waals surface area contributed by atoms with Gasteiger partial charge in [-0.25, -0.2) is 4.98 Å². The fraction of sp³-hybridized carbons (Fsp3) is 0.130. The molecule has 28 heavy (non-hydrogen) atoms. The highest BCUT2D eigenvalue weighted by atomic mass is 79.9. The van der Waals surface area contributed by atoms with Crippen LogP contribution in [-0.4, -0.2) is 15.5 Å². The highest BCUT2D eigenvalue weighted by Crippen LogP contribution is 2.18. The van der Waals surface area contributed by atoms with Gasteiger partial charge in [0.25, 0.3) is 5.91 Å². The molecule has 0 radical (unpaired) electrons. The molecule has 140 valence electrons. The smallest absolute Gasteiger partial charge is 0.255 e. The van der Waals surface area contributed by atoms with Crippen LogP contribution >= 0.6 is 15.9 Å². The molecule has 4 aromatic rings. The van der Waals surface area contributed by atoms with E-state index in [9.17, 15) is 4.79 Å². The van der Waals surface area contributed by atoms with Crippen molar-refractivity contribution in [3.8, 4) is 0 Å². The molecule has 0 fully saturated rings. The molecule has 0 saturated heterocycles. The van der Waals surface area contributed by atoms with E-state index < -0.39 is 0 Å². The maximum absolute atomic E-state index is 12.3. The van der Waals surface area contributed by atoms with Crippen LogP contribution < -0.4 is 5.32 Å². The standard InChI is InChI=1S/C23H20BrN3O/c1-27-21-8-3-2-7-20(21)26-22(27)14-11-16-9-12-19(13-10-16)25-23(28)17-5-4-6-18(24)15-17/h2-10,12-13,15H,11,14H2,1H3,(H,25,28). The molecule has 0 atom stereocenters. The van der Waals surface area contributed by atoms with Crippen LogP contribution in [0.5, 0.6) is 0 Å². The predicted molar refractivity (Wildman–Crippen MR) is 117 cm³/mol. The molecule has 0 aliphatic rings. The minimum atomic E-state index is -0.117. The van der Waals surface area contributed by atoms with Gasteiger partial charge in [-0.05, 0) is 54.4 Å². The van der Waals surface area contributed by atoms with Gasteiger partial charge in [-0.3, -0.25) is 4.79 Å². The van der Waals surface area contributed by atoms with E-state index in [0.29, 0.717) is 5.56 Å². The third kappa shape index (κ3) is 3.99. The zero-order valence-electron chi connectivity index (χ0n) is 15.5. The van der Waals surface area contributed by atoms with E-state index in [-0.39, 0.29) is 5.91 Å². The van der Waals surface area contributed by atoms with Crippen LogP contribution in [0, 0.1) is 0 Å². The first-order valence-electron chi connectivity index (χ1n) is 9.16. The Morgan fingerprint density at radius 1 is 1.00 bits per heavy atom. The Hall–Kier alpha value is -2.92. The summed E-state index contributed by atoms with van der Waals surface area (Å²) in [5.74, 6) is 0.960. The number of nitrogens with zero attached hydrogens (tertiary/aromatic N) is 2. The van der Waals surface area contributed by atoms with Gasteiger partial charge in [0.05, 0.1) is 11.0 Å². The second kappa shape index (κ2) is 7.98. The molecule has 0 bridgehead atoms. The molecule has 0 aliphatic carbocycles. The highest BCUT2D eigenvalue weighted by molar-refractivity contribution is 9.10. The first kappa shape index (κ1) is 18.4. The first-order chi connectivity index (χ1) is 13.6. The van der Waals surface area contributed by atoms with Gasteiger partial charge >= 0.3 is 0 Å². The number of nitrogens with one attached hydrogen (secondary N) is 1. The Morgan fingerprint density at radius 3 is 2.54 bits per heavy atom. The summed E-state index contributed by atoms with van der Waals surface area (Å²) in [5.41, 5.74) is 4.82. The molecular formula is C23H20BrN3O. The number of aryl methyl sites for hydroxylation is 3. The molecule has 1 aromatic heterocycles. The van der Waals surface area contributed by atoms with E-state index in [1.165, 1.54) is 5.56 Å². The number of carbonyl (C=O) groups is 1. The summed E-state index contributed by atoms with van der Waals surface area (Å²) in [4.78, 5) is 17.1. The summed E-state index contributed by atoms with van der Waals surface area (Å²) >= 11 is 3.39. The zero-order valence-corrected chi connectivity index (χ0v) is 17.1. The quantitative estimate of drug-likeness (QED) is 0.459. The van der Waals surface area contributed by atoms with Gasteiger partial charge in [0, 0.05) is 29.2 Å². The van der Waals surface area contributed by atoms with Crippen molar-refractivity contribution in [2.24, 2.45) is 7.05 Å². The number of para-hydroxylation sites is 2. The first-order valence-corrected chi connectivity index (χ1v) is 9.95. The highest BCUT2D eigenvalue weighted by Gasteiger charge is 2.08. The number of halogens is 1. The molecule has 0 unspecified atom stereocenters. The number of aromatic nitrogens is 2. The topological polar surface area (TPSA) is 46.9 Å². The van der Waals surface area contributed by atoms with Gasteiger partial charge in [-0.2, -0.15) is 0 Å². The van der Waals surface area contributed by atoms with Crippen LogP contribution in [0.2, 0.25) is 0 Å². The summed E-state index contributed by atoms with van der Waals surface area (Å²) in [7, 11) is 2.06. The predicted octanol–water partition coefficient (Wildman–Crippen LogP) is 5.37. The lowest BCUT2D eigenvalue weighted by molar-refractivity contribution is 0.102. The minimum absolute atomic E-state index is 0.117. The number of hydrogen-bond acceptors (Lipinski definition) is 2. The Kier molecular flexibility index (Phi) is 5.26. The van der Waals surface area contributed by atoms with E-state index in [4.69, 9.17) is 4.98 Å². The largest absolute Gasteiger partial charge is 0.331 e. The van der Waals surface area contributed by atoms with Crippen molar-refractivity contribution in [3.05, 3.63) is 94.2 Å². The third-order valence-corrected chi connectivity index (χ3v) is 5.31. The number of fused-ring (bicyclic) bond motifs is 1. The average Bonchev–Trinajstić information content (AvgIpc) is 3.03. The molecule has 0 saturated carbocycles. The molecule has 5 heteroatoms. The molecule has 1 N–H and O–H groups in total. The maximum atomic E-state index is 12.3. The second-order valence-corrected chi connectivity index (χ2v) is 7.65. The van der Waals surface area contributed by atoms with Crippen LogP contribution in [0.15, 0.2) is 77.3 Å². The number of amides is 1. The van der Waals surface area contributed by atoms with Crippen LogP contribution in [0.3, 0.4) is 0 Å². The average molecular weight is 434 g/mol. The monoisotopic (exact) mass is 433 g/mol. The number of rotatable bonds is 5. The number of hydrogen-bond donors (Lipinski definition) is 1. The van der Waals surface area contributed by atoms with Gasteiger partial charge in [-0.15, -0.1) is 0 Å². The third-order valence-electron chi connectivity index (χ3n) is 4.82. The van der Waals surface area contributed by atoms with Crippen LogP contribution in [0.1, 0.15) is 21.7 Å². The van der Waals surface area contributed by atoms with E-state index >= 15 is 0 Å².